The normalized spacial score (nSPS) is 12.8. The van der Waals surface area contributed by atoms with Crippen molar-refractivity contribution >= 4 is 36.4 Å². The van der Waals surface area contributed by atoms with Gasteiger partial charge in [-0.25, -0.2) is 14.8 Å². The Morgan fingerprint density at radius 1 is 1.35 bits per heavy atom. The molecule has 2 aromatic heterocycles. The summed E-state index contributed by atoms with van der Waals surface area (Å²) in [6, 6.07) is 0. The van der Waals surface area contributed by atoms with E-state index in [2.05, 4.69) is 40.2 Å². The number of hydrogen-bond donors (Lipinski definition) is 3. The number of fused-ring (bicyclic) bond motifs is 1. The molecule has 0 fully saturated rings. The lowest BCUT2D eigenvalue weighted by Gasteiger charge is -2.09. The third kappa shape index (κ3) is 2.37. The standard InChI is InChI=1S/C9H10N4O2S2/c14-8-6-7(11-2-1-10-6)12-9(15)13(8)3-5(17)4-16/h1-2,5,16-17H,3-4H2,(H,11,12,15). The highest BCUT2D eigenvalue weighted by Crippen LogP contribution is 2.00. The predicted octanol–water partition coefficient (Wildman–Crippen LogP) is -0.292. The summed E-state index contributed by atoms with van der Waals surface area (Å²) in [5.41, 5.74) is -0.631. The van der Waals surface area contributed by atoms with Gasteiger partial charge in [-0.1, -0.05) is 0 Å². The Kier molecular flexibility index (Phi) is 3.53. The molecule has 0 aliphatic rings. The van der Waals surface area contributed by atoms with Crippen molar-refractivity contribution in [2.45, 2.75) is 11.8 Å². The minimum atomic E-state index is -0.510. The lowest BCUT2D eigenvalue weighted by atomic mass is 10.4. The summed E-state index contributed by atoms with van der Waals surface area (Å²) in [7, 11) is 0. The zero-order chi connectivity index (χ0) is 12.4. The second kappa shape index (κ2) is 4.92. The maximum atomic E-state index is 12.0. The lowest BCUT2D eigenvalue weighted by Crippen LogP contribution is -2.38. The molecule has 2 aromatic rings. The van der Waals surface area contributed by atoms with Crippen molar-refractivity contribution in [3.05, 3.63) is 33.2 Å². The first-order chi connectivity index (χ1) is 8.13. The van der Waals surface area contributed by atoms with Crippen molar-refractivity contribution < 1.29 is 0 Å². The van der Waals surface area contributed by atoms with Crippen LogP contribution in [-0.2, 0) is 6.54 Å². The average Bonchev–Trinajstić information content (AvgIpc) is 2.34. The van der Waals surface area contributed by atoms with E-state index in [1.165, 1.54) is 12.4 Å². The topological polar surface area (TPSA) is 80.6 Å². The molecule has 0 amide bonds. The van der Waals surface area contributed by atoms with Gasteiger partial charge < -0.3 is 0 Å². The Morgan fingerprint density at radius 3 is 2.76 bits per heavy atom. The average molecular weight is 270 g/mol. The van der Waals surface area contributed by atoms with Gasteiger partial charge in [-0.3, -0.25) is 14.3 Å². The van der Waals surface area contributed by atoms with Crippen LogP contribution in [0.4, 0.5) is 0 Å². The molecule has 1 unspecified atom stereocenters. The van der Waals surface area contributed by atoms with Gasteiger partial charge in [0.1, 0.15) is 0 Å². The molecule has 0 aromatic carbocycles. The Bertz CT molecular complexity index is 651. The van der Waals surface area contributed by atoms with Crippen LogP contribution in [0.3, 0.4) is 0 Å². The Labute approximate surface area is 107 Å². The van der Waals surface area contributed by atoms with Gasteiger partial charge in [0.2, 0.25) is 0 Å². The number of nitrogens with one attached hydrogen (secondary N) is 1. The Hall–Kier alpha value is -1.28. The monoisotopic (exact) mass is 270 g/mol. The zero-order valence-corrected chi connectivity index (χ0v) is 10.5. The molecule has 2 heterocycles. The fraction of sp³-hybridized carbons (Fsp3) is 0.333. The van der Waals surface area contributed by atoms with Crippen molar-refractivity contribution in [1.29, 1.82) is 0 Å². The fourth-order valence-electron chi connectivity index (χ4n) is 1.41. The molecule has 1 N–H and O–H groups in total. The van der Waals surface area contributed by atoms with Gasteiger partial charge in [0, 0.05) is 29.9 Å². The van der Waals surface area contributed by atoms with Crippen LogP contribution in [0, 0.1) is 0 Å². The predicted molar refractivity (Wildman–Crippen MR) is 71.0 cm³/mol. The molecule has 2 rings (SSSR count). The van der Waals surface area contributed by atoms with Crippen LogP contribution in [0.1, 0.15) is 0 Å². The molecular weight excluding hydrogens is 260 g/mol. The van der Waals surface area contributed by atoms with Crippen LogP contribution in [-0.4, -0.2) is 30.5 Å². The van der Waals surface area contributed by atoms with Gasteiger partial charge in [0.05, 0.1) is 0 Å². The number of aromatic amines is 1. The first-order valence-corrected chi connectivity index (χ1v) is 6.01. The maximum absolute atomic E-state index is 12.0. The summed E-state index contributed by atoms with van der Waals surface area (Å²) in [5, 5.41) is -0.175. The van der Waals surface area contributed by atoms with Crippen molar-refractivity contribution in [2.75, 3.05) is 5.75 Å². The van der Waals surface area contributed by atoms with E-state index < -0.39 is 11.2 Å². The third-order valence-electron chi connectivity index (χ3n) is 2.22. The third-order valence-corrected chi connectivity index (χ3v) is 3.30. The first kappa shape index (κ1) is 12.2. The molecule has 0 aliphatic carbocycles. The molecule has 17 heavy (non-hydrogen) atoms. The maximum Gasteiger partial charge on any atom is 0.330 e. The number of thiol groups is 2. The summed E-state index contributed by atoms with van der Waals surface area (Å²) in [6.45, 7) is 0.188. The molecule has 0 radical (unpaired) electrons. The molecule has 0 spiro atoms. The van der Waals surface area contributed by atoms with Gasteiger partial charge >= 0.3 is 5.69 Å². The molecule has 90 valence electrons. The van der Waals surface area contributed by atoms with Crippen LogP contribution >= 0.6 is 25.3 Å². The van der Waals surface area contributed by atoms with E-state index in [1.807, 2.05) is 0 Å². The fourth-order valence-corrected chi connectivity index (χ4v) is 1.69. The molecule has 0 bridgehead atoms. The molecule has 1 atom stereocenters. The smallest absolute Gasteiger partial charge is 0.290 e. The SMILES string of the molecule is O=c1[nH]c2nccnc2c(=O)n1CC(S)CS. The van der Waals surface area contributed by atoms with Crippen LogP contribution in [0.5, 0.6) is 0 Å². The van der Waals surface area contributed by atoms with Gasteiger partial charge in [-0.2, -0.15) is 25.3 Å². The minimum absolute atomic E-state index is 0.145. The van der Waals surface area contributed by atoms with E-state index in [1.54, 1.807) is 0 Å². The van der Waals surface area contributed by atoms with Crippen molar-refractivity contribution in [3.63, 3.8) is 0 Å². The largest absolute Gasteiger partial charge is 0.330 e. The highest BCUT2D eigenvalue weighted by atomic mass is 32.1. The summed E-state index contributed by atoms with van der Waals surface area (Å²) in [6.07, 6.45) is 2.82. The Balaban J connectivity index is 2.64. The summed E-state index contributed by atoms with van der Waals surface area (Å²) in [4.78, 5) is 34.0. The summed E-state index contributed by atoms with van der Waals surface area (Å²) >= 11 is 8.26. The summed E-state index contributed by atoms with van der Waals surface area (Å²) in [5.74, 6) is 0.466. The van der Waals surface area contributed by atoms with Gasteiger partial charge in [-0.05, 0) is 0 Å². The first-order valence-electron chi connectivity index (χ1n) is 4.86. The molecule has 0 aliphatic heterocycles. The van der Waals surface area contributed by atoms with E-state index in [4.69, 9.17) is 0 Å². The van der Waals surface area contributed by atoms with E-state index >= 15 is 0 Å². The van der Waals surface area contributed by atoms with E-state index in [9.17, 15) is 9.59 Å². The summed E-state index contributed by atoms with van der Waals surface area (Å²) < 4.78 is 1.06. The quantitative estimate of drug-likeness (QED) is 0.669. The van der Waals surface area contributed by atoms with E-state index in [0.717, 1.165) is 4.57 Å². The highest BCUT2D eigenvalue weighted by molar-refractivity contribution is 7.84. The minimum Gasteiger partial charge on any atom is -0.290 e. The lowest BCUT2D eigenvalue weighted by molar-refractivity contribution is 0.637. The second-order valence-electron chi connectivity index (χ2n) is 3.44. The zero-order valence-electron chi connectivity index (χ0n) is 8.70. The second-order valence-corrected chi connectivity index (χ2v) is 4.53. The molecule has 0 saturated carbocycles. The van der Waals surface area contributed by atoms with Gasteiger partial charge in [-0.15, -0.1) is 0 Å². The van der Waals surface area contributed by atoms with E-state index in [0.29, 0.717) is 5.75 Å². The number of rotatable bonds is 3. The van der Waals surface area contributed by atoms with Crippen molar-refractivity contribution in [2.24, 2.45) is 0 Å². The number of aromatic nitrogens is 4. The number of hydrogen-bond acceptors (Lipinski definition) is 6. The molecule has 6 nitrogen and oxygen atoms in total. The Morgan fingerprint density at radius 2 is 2.06 bits per heavy atom. The van der Waals surface area contributed by atoms with Crippen LogP contribution in [0.25, 0.3) is 11.2 Å². The van der Waals surface area contributed by atoms with Crippen LogP contribution in [0.15, 0.2) is 22.0 Å². The van der Waals surface area contributed by atoms with Crippen molar-refractivity contribution in [3.8, 4) is 0 Å². The number of nitrogens with zero attached hydrogens (tertiary/aromatic N) is 3. The van der Waals surface area contributed by atoms with Gasteiger partial charge in [0.25, 0.3) is 5.56 Å². The highest BCUT2D eigenvalue weighted by Gasteiger charge is 2.11. The molecule has 8 heteroatoms. The van der Waals surface area contributed by atoms with Crippen molar-refractivity contribution in [1.82, 2.24) is 19.5 Å². The van der Waals surface area contributed by atoms with Crippen LogP contribution in [0.2, 0.25) is 0 Å². The molecular formula is C9H10N4O2S2. The van der Waals surface area contributed by atoms with E-state index in [-0.39, 0.29) is 23.0 Å². The van der Waals surface area contributed by atoms with Gasteiger partial charge in [0.15, 0.2) is 11.2 Å². The molecule has 0 saturated heterocycles. The van der Waals surface area contributed by atoms with Crippen LogP contribution < -0.4 is 11.2 Å². The number of H-pyrrole nitrogens is 1.